The van der Waals surface area contributed by atoms with E-state index >= 15 is 0 Å². The molecule has 0 aliphatic carbocycles. The molecule has 1 amide bonds. The molecule has 22 heavy (non-hydrogen) atoms. The minimum atomic E-state index is -0.0444. The van der Waals surface area contributed by atoms with Gasteiger partial charge >= 0.3 is 0 Å². The number of amides is 1. The van der Waals surface area contributed by atoms with E-state index in [1.165, 1.54) is 0 Å². The van der Waals surface area contributed by atoms with E-state index in [1.807, 2.05) is 43.3 Å². The Balaban J connectivity index is 1.76. The lowest BCUT2D eigenvalue weighted by Gasteiger charge is -2.10. The topological polar surface area (TPSA) is 41.1 Å². The summed E-state index contributed by atoms with van der Waals surface area (Å²) in [5, 5.41) is 7.46. The largest absolute Gasteiger partial charge is 0.326 e. The lowest BCUT2D eigenvalue weighted by Crippen LogP contribution is -2.21. The summed E-state index contributed by atoms with van der Waals surface area (Å²) in [5.74, 6) is -0.0444. The molecule has 0 unspecified atom stereocenters. The van der Waals surface area contributed by atoms with E-state index in [-0.39, 0.29) is 5.91 Å². The number of carbonyl (C=O) groups is 1. The minimum Gasteiger partial charge on any atom is -0.326 e. The summed E-state index contributed by atoms with van der Waals surface area (Å²) in [4.78, 5) is 11.9. The van der Waals surface area contributed by atoms with Crippen LogP contribution < -0.4 is 10.6 Å². The molecule has 0 radical (unpaired) electrons. The fourth-order valence-electron chi connectivity index (χ4n) is 2.02. The van der Waals surface area contributed by atoms with Crippen LogP contribution in [0.1, 0.15) is 17.5 Å². The van der Waals surface area contributed by atoms with Gasteiger partial charge in [0.2, 0.25) is 5.91 Å². The number of carbonyl (C=O) groups excluding carboxylic acids is 1. The van der Waals surface area contributed by atoms with Crippen molar-refractivity contribution in [3.63, 3.8) is 0 Å². The van der Waals surface area contributed by atoms with Gasteiger partial charge in [-0.2, -0.15) is 0 Å². The normalized spacial score (nSPS) is 10.5. The van der Waals surface area contributed by atoms with Crippen LogP contribution in [0, 0.1) is 6.92 Å². The summed E-state index contributed by atoms with van der Waals surface area (Å²) >= 11 is 12.1. The van der Waals surface area contributed by atoms with Gasteiger partial charge in [0.25, 0.3) is 0 Å². The molecule has 0 heterocycles. The number of hydrogen-bond acceptors (Lipinski definition) is 2. The zero-order chi connectivity index (χ0) is 15.9. The van der Waals surface area contributed by atoms with Gasteiger partial charge < -0.3 is 10.6 Å². The van der Waals surface area contributed by atoms with Crippen LogP contribution in [0.4, 0.5) is 5.69 Å². The van der Waals surface area contributed by atoms with Gasteiger partial charge in [-0.25, -0.2) is 0 Å². The summed E-state index contributed by atoms with van der Waals surface area (Å²) in [5.41, 5.74) is 2.65. The van der Waals surface area contributed by atoms with Crippen LogP contribution in [0.15, 0.2) is 42.5 Å². The highest BCUT2D eigenvalue weighted by molar-refractivity contribution is 6.32. The standard InChI is InChI=1S/C17H18Cl2N2O/c1-12-14(18)7-4-8-16(12)21-17(22)9-10-20-11-13-5-2-3-6-15(13)19/h2-8,20H,9-11H2,1H3,(H,21,22). The Morgan fingerprint density at radius 2 is 1.77 bits per heavy atom. The molecule has 0 aliphatic rings. The number of nitrogens with one attached hydrogen (secondary N) is 2. The quantitative estimate of drug-likeness (QED) is 0.766. The molecule has 0 saturated carbocycles. The number of halogens is 2. The van der Waals surface area contributed by atoms with Crippen molar-refractivity contribution in [2.75, 3.05) is 11.9 Å². The van der Waals surface area contributed by atoms with Gasteiger partial charge in [-0.05, 0) is 36.2 Å². The summed E-state index contributed by atoms with van der Waals surface area (Å²) in [6, 6.07) is 13.1. The van der Waals surface area contributed by atoms with Gasteiger partial charge in [0, 0.05) is 35.2 Å². The van der Waals surface area contributed by atoms with Gasteiger partial charge in [0.15, 0.2) is 0 Å². The SMILES string of the molecule is Cc1c(Cl)cccc1NC(=O)CCNCc1ccccc1Cl. The highest BCUT2D eigenvalue weighted by Gasteiger charge is 2.06. The van der Waals surface area contributed by atoms with Crippen molar-refractivity contribution < 1.29 is 4.79 Å². The van der Waals surface area contributed by atoms with Crippen LogP contribution in [0.5, 0.6) is 0 Å². The van der Waals surface area contributed by atoms with Crippen molar-refractivity contribution in [1.82, 2.24) is 5.32 Å². The third-order valence-electron chi connectivity index (χ3n) is 3.34. The zero-order valence-corrected chi connectivity index (χ0v) is 13.8. The molecule has 0 fully saturated rings. The van der Waals surface area contributed by atoms with Crippen molar-refractivity contribution in [2.45, 2.75) is 19.9 Å². The molecule has 3 nitrogen and oxygen atoms in total. The molecule has 116 valence electrons. The van der Waals surface area contributed by atoms with E-state index in [0.717, 1.165) is 21.8 Å². The average molecular weight is 337 g/mol. The van der Waals surface area contributed by atoms with Crippen molar-refractivity contribution in [3.8, 4) is 0 Å². The van der Waals surface area contributed by atoms with Crippen LogP contribution in [0.25, 0.3) is 0 Å². The first-order valence-electron chi connectivity index (χ1n) is 7.07. The van der Waals surface area contributed by atoms with Crippen molar-refractivity contribution in [1.29, 1.82) is 0 Å². The second kappa shape index (κ2) is 8.18. The van der Waals surface area contributed by atoms with E-state index in [9.17, 15) is 4.79 Å². The molecular weight excluding hydrogens is 319 g/mol. The first-order valence-corrected chi connectivity index (χ1v) is 7.82. The lowest BCUT2D eigenvalue weighted by molar-refractivity contribution is -0.116. The predicted molar refractivity (Wildman–Crippen MR) is 92.6 cm³/mol. The fourth-order valence-corrected chi connectivity index (χ4v) is 2.40. The van der Waals surface area contributed by atoms with Gasteiger partial charge in [-0.3, -0.25) is 4.79 Å². The summed E-state index contributed by atoms with van der Waals surface area (Å²) in [7, 11) is 0. The maximum absolute atomic E-state index is 11.9. The molecule has 0 saturated heterocycles. The molecule has 2 N–H and O–H groups in total. The zero-order valence-electron chi connectivity index (χ0n) is 12.3. The van der Waals surface area contributed by atoms with E-state index in [2.05, 4.69) is 10.6 Å². The van der Waals surface area contributed by atoms with Crippen LogP contribution in [-0.4, -0.2) is 12.5 Å². The first kappa shape index (κ1) is 16.8. The molecule has 2 rings (SSSR count). The molecular formula is C17H18Cl2N2O. The number of hydrogen-bond donors (Lipinski definition) is 2. The van der Waals surface area contributed by atoms with Gasteiger partial charge in [-0.1, -0.05) is 47.5 Å². The van der Waals surface area contributed by atoms with Crippen LogP contribution in [-0.2, 0) is 11.3 Å². The van der Waals surface area contributed by atoms with E-state index in [4.69, 9.17) is 23.2 Å². The van der Waals surface area contributed by atoms with Crippen LogP contribution in [0.2, 0.25) is 10.0 Å². The van der Waals surface area contributed by atoms with Gasteiger partial charge in [0.1, 0.15) is 0 Å². The van der Waals surface area contributed by atoms with E-state index in [1.54, 1.807) is 6.07 Å². The average Bonchev–Trinajstić information content (AvgIpc) is 2.50. The molecule has 5 heteroatoms. The third-order valence-corrected chi connectivity index (χ3v) is 4.12. The Morgan fingerprint density at radius 1 is 1.05 bits per heavy atom. The highest BCUT2D eigenvalue weighted by Crippen LogP contribution is 2.22. The smallest absolute Gasteiger partial charge is 0.225 e. The Bertz CT molecular complexity index is 659. The number of anilines is 1. The van der Waals surface area contributed by atoms with Gasteiger partial charge in [0.05, 0.1) is 0 Å². The summed E-state index contributed by atoms with van der Waals surface area (Å²) in [6.45, 7) is 3.10. The highest BCUT2D eigenvalue weighted by atomic mass is 35.5. The Kier molecular flexibility index (Phi) is 6.25. The minimum absolute atomic E-state index is 0.0444. The number of rotatable bonds is 6. The predicted octanol–water partition coefficient (Wildman–Crippen LogP) is 4.42. The van der Waals surface area contributed by atoms with Crippen molar-refractivity contribution in [2.24, 2.45) is 0 Å². The summed E-state index contributed by atoms with van der Waals surface area (Å²) in [6.07, 6.45) is 0.385. The van der Waals surface area contributed by atoms with E-state index < -0.39 is 0 Å². The summed E-state index contributed by atoms with van der Waals surface area (Å²) < 4.78 is 0. The second-order valence-corrected chi connectivity index (χ2v) is 5.79. The van der Waals surface area contributed by atoms with E-state index in [0.29, 0.717) is 24.5 Å². The number of benzene rings is 2. The Labute approximate surface area is 140 Å². The van der Waals surface area contributed by atoms with Crippen LogP contribution in [0.3, 0.4) is 0 Å². The third kappa shape index (κ3) is 4.73. The maximum atomic E-state index is 11.9. The molecule has 0 aromatic heterocycles. The van der Waals surface area contributed by atoms with Crippen LogP contribution >= 0.6 is 23.2 Å². The van der Waals surface area contributed by atoms with Gasteiger partial charge in [-0.15, -0.1) is 0 Å². The monoisotopic (exact) mass is 336 g/mol. The maximum Gasteiger partial charge on any atom is 0.225 e. The Hall–Kier alpha value is -1.55. The molecule has 0 spiro atoms. The molecule has 2 aromatic rings. The van der Waals surface area contributed by atoms with Crippen molar-refractivity contribution >= 4 is 34.8 Å². The fraction of sp³-hybridized carbons (Fsp3) is 0.235. The Morgan fingerprint density at radius 3 is 2.55 bits per heavy atom. The molecule has 0 atom stereocenters. The van der Waals surface area contributed by atoms with Crippen molar-refractivity contribution in [3.05, 3.63) is 63.6 Å². The second-order valence-electron chi connectivity index (χ2n) is 4.98. The lowest BCUT2D eigenvalue weighted by atomic mass is 10.2. The molecule has 2 aromatic carbocycles. The molecule has 0 bridgehead atoms. The molecule has 0 aliphatic heterocycles. The first-order chi connectivity index (χ1) is 10.6.